The van der Waals surface area contributed by atoms with Gasteiger partial charge < -0.3 is 15.0 Å². The maximum Gasteiger partial charge on any atom is 0.132 e. The monoisotopic (exact) mass is 342 g/mol. The number of benzene rings is 1. The first-order valence-electron chi connectivity index (χ1n) is 8.23. The molecule has 0 aliphatic rings. The number of rotatable bonds is 5. The quantitative estimate of drug-likeness (QED) is 0.502. The lowest BCUT2D eigenvalue weighted by molar-refractivity contribution is 0.371. The van der Waals surface area contributed by atoms with Gasteiger partial charge in [0, 0.05) is 35.1 Å². The molecule has 5 nitrogen and oxygen atoms in total. The van der Waals surface area contributed by atoms with E-state index in [0.29, 0.717) is 5.76 Å². The van der Waals surface area contributed by atoms with Crippen LogP contribution in [0.3, 0.4) is 0 Å². The van der Waals surface area contributed by atoms with Gasteiger partial charge in [-0.2, -0.15) is 0 Å². The molecule has 3 heterocycles. The van der Waals surface area contributed by atoms with Crippen LogP contribution in [0.1, 0.15) is 5.56 Å². The van der Waals surface area contributed by atoms with Gasteiger partial charge in [0.1, 0.15) is 11.6 Å². The molecule has 2 N–H and O–H groups in total. The van der Waals surface area contributed by atoms with E-state index in [1.54, 1.807) is 13.3 Å². The molecular formula is C21H18N4O. The third-order valence-electron chi connectivity index (χ3n) is 4.17. The molecule has 0 saturated heterocycles. The van der Waals surface area contributed by atoms with Crippen LogP contribution in [0.25, 0.3) is 28.0 Å². The normalized spacial score (nSPS) is 10.7. The summed E-state index contributed by atoms with van der Waals surface area (Å²) >= 11 is 0. The molecule has 0 saturated carbocycles. The van der Waals surface area contributed by atoms with Crippen molar-refractivity contribution in [2.24, 2.45) is 0 Å². The molecule has 0 spiro atoms. The SMILES string of the molecule is C=C(OC)c1ccc(Nc2cc3[nH]c(-c4ccccn4)cc3cn2)cc1. The topological polar surface area (TPSA) is 62.8 Å². The van der Waals surface area contributed by atoms with Crippen LogP contribution in [0.15, 0.2) is 73.6 Å². The minimum atomic E-state index is 0.643. The van der Waals surface area contributed by atoms with Crippen molar-refractivity contribution in [3.05, 3.63) is 79.1 Å². The summed E-state index contributed by atoms with van der Waals surface area (Å²) in [4.78, 5) is 12.3. The van der Waals surface area contributed by atoms with Crippen molar-refractivity contribution in [1.82, 2.24) is 15.0 Å². The smallest absolute Gasteiger partial charge is 0.132 e. The molecule has 1 aromatic carbocycles. The highest BCUT2D eigenvalue weighted by Gasteiger charge is 2.06. The predicted octanol–water partition coefficient (Wildman–Crippen LogP) is 4.99. The van der Waals surface area contributed by atoms with Gasteiger partial charge in [0.05, 0.1) is 24.0 Å². The third-order valence-corrected chi connectivity index (χ3v) is 4.17. The Morgan fingerprint density at radius 1 is 1.08 bits per heavy atom. The van der Waals surface area contributed by atoms with E-state index in [2.05, 4.69) is 32.9 Å². The van der Waals surface area contributed by atoms with Gasteiger partial charge in [-0.3, -0.25) is 4.98 Å². The van der Waals surface area contributed by atoms with Crippen LogP contribution in [0.5, 0.6) is 0 Å². The van der Waals surface area contributed by atoms with Crippen molar-refractivity contribution in [3.63, 3.8) is 0 Å². The molecule has 0 radical (unpaired) electrons. The molecule has 5 heteroatoms. The average molecular weight is 342 g/mol. The first-order chi connectivity index (χ1) is 12.7. The van der Waals surface area contributed by atoms with Crippen molar-refractivity contribution in [3.8, 4) is 11.4 Å². The highest BCUT2D eigenvalue weighted by Crippen LogP contribution is 2.25. The van der Waals surface area contributed by atoms with Crippen LogP contribution in [0.4, 0.5) is 11.5 Å². The van der Waals surface area contributed by atoms with E-state index < -0.39 is 0 Å². The van der Waals surface area contributed by atoms with E-state index >= 15 is 0 Å². The van der Waals surface area contributed by atoms with Crippen LogP contribution >= 0.6 is 0 Å². The number of nitrogens with zero attached hydrogens (tertiary/aromatic N) is 2. The molecule has 0 atom stereocenters. The van der Waals surface area contributed by atoms with Gasteiger partial charge in [-0.1, -0.05) is 12.6 Å². The molecule has 128 valence electrons. The van der Waals surface area contributed by atoms with E-state index in [9.17, 15) is 0 Å². The Morgan fingerprint density at radius 3 is 2.65 bits per heavy atom. The van der Waals surface area contributed by atoms with Gasteiger partial charge in [0.25, 0.3) is 0 Å². The van der Waals surface area contributed by atoms with Crippen molar-refractivity contribution < 1.29 is 4.74 Å². The molecular weight excluding hydrogens is 324 g/mol. The summed E-state index contributed by atoms with van der Waals surface area (Å²) < 4.78 is 5.14. The number of hydrogen-bond donors (Lipinski definition) is 2. The van der Waals surface area contributed by atoms with Crippen LogP contribution in [-0.4, -0.2) is 22.1 Å². The molecule has 4 aromatic rings. The Morgan fingerprint density at radius 2 is 1.92 bits per heavy atom. The Labute approximate surface area is 151 Å². The fraction of sp³-hybridized carbons (Fsp3) is 0.0476. The molecule has 0 aliphatic carbocycles. The molecule has 0 unspecified atom stereocenters. The second-order valence-electron chi connectivity index (χ2n) is 5.88. The second-order valence-corrected chi connectivity index (χ2v) is 5.88. The number of H-pyrrole nitrogens is 1. The van der Waals surface area contributed by atoms with Gasteiger partial charge >= 0.3 is 0 Å². The number of fused-ring (bicyclic) bond motifs is 1. The first kappa shape index (κ1) is 15.9. The number of nitrogens with one attached hydrogen (secondary N) is 2. The number of methoxy groups -OCH3 is 1. The van der Waals surface area contributed by atoms with Crippen LogP contribution < -0.4 is 5.32 Å². The summed E-state index contributed by atoms with van der Waals surface area (Å²) in [5.41, 5.74) is 4.79. The van der Waals surface area contributed by atoms with E-state index in [1.807, 2.05) is 54.7 Å². The summed E-state index contributed by atoms with van der Waals surface area (Å²) in [5.74, 6) is 1.41. The van der Waals surface area contributed by atoms with E-state index in [0.717, 1.165) is 39.4 Å². The van der Waals surface area contributed by atoms with Gasteiger partial charge in [0.15, 0.2) is 0 Å². The zero-order chi connectivity index (χ0) is 17.9. The Hall–Kier alpha value is -3.60. The summed E-state index contributed by atoms with van der Waals surface area (Å²) in [7, 11) is 1.61. The second kappa shape index (κ2) is 6.72. The fourth-order valence-corrected chi connectivity index (χ4v) is 2.76. The maximum atomic E-state index is 5.14. The van der Waals surface area contributed by atoms with Crippen LogP contribution in [0, 0.1) is 0 Å². The van der Waals surface area contributed by atoms with E-state index in [1.165, 1.54) is 0 Å². The minimum absolute atomic E-state index is 0.643. The standard InChI is InChI=1S/C21H18N4O/c1-14(26-2)15-6-8-17(9-7-15)24-21-12-19-16(13-23-21)11-20(25-19)18-5-3-4-10-22-18/h3-13,25H,1H2,2H3,(H,23,24). The molecule has 0 fully saturated rings. The van der Waals surface area contributed by atoms with Gasteiger partial charge in [0.2, 0.25) is 0 Å². The third kappa shape index (κ3) is 3.15. The summed E-state index contributed by atoms with van der Waals surface area (Å²) in [5, 5.41) is 4.36. The summed E-state index contributed by atoms with van der Waals surface area (Å²) in [6, 6.07) is 17.8. The number of aromatic amines is 1. The number of pyridine rings is 2. The Bertz CT molecular complexity index is 1050. The van der Waals surface area contributed by atoms with E-state index in [4.69, 9.17) is 4.74 Å². The zero-order valence-corrected chi connectivity index (χ0v) is 14.4. The lowest BCUT2D eigenvalue weighted by Crippen LogP contribution is -1.93. The predicted molar refractivity (Wildman–Crippen MR) is 105 cm³/mol. The number of ether oxygens (including phenoxy) is 1. The Balaban J connectivity index is 1.58. The highest BCUT2D eigenvalue weighted by molar-refractivity contribution is 5.86. The average Bonchev–Trinajstić information content (AvgIpc) is 3.12. The van der Waals surface area contributed by atoms with E-state index in [-0.39, 0.29) is 0 Å². The van der Waals surface area contributed by atoms with Gasteiger partial charge in [-0.05, 0) is 42.5 Å². The van der Waals surface area contributed by atoms with Crippen LogP contribution in [0.2, 0.25) is 0 Å². The number of aromatic nitrogens is 3. The molecule has 0 bridgehead atoms. The van der Waals surface area contributed by atoms with Crippen molar-refractivity contribution in [2.45, 2.75) is 0 Å². The molecule has 3 aromatic heterocycles. The molecule has 0 aliphatic heterocycles. The highest BCUT2D eigenvalue weighted by atomic mass is 16.5. The zero-order valence-electron chi connectivity index (χ0n) is 14.4. The lowest BCUT2D eigenvalue weighted by atomic mass is 10.2. The molecule has 0 amide bonds. The minimum Gasteiger partial charge on any atom is -0.497 e. The maximum absolute atomic E-state index is 5.14. The van der Waals surface area contributed by atoms with Crippen molar-refractivity contribution >= 4 is 28.2 Å². The lowest BCUT2D eigenvalue weighted by Gasteiger charge is -2.08. The summed E-state index contributed by atoms with van der Waals surface area (Å²) in [6.45, 7) is 3.85. The van der Waals surface area contributed by atoms with Crippen LogP contribution in [-0.2, 0) is 4.74 Å². The number of anilines is 2. The fourth-order valence-electron chi connectivity index (χ4n) is 2.76. The first-order valence-corrected chi connectivity index (χ1v) is 8.23. The molecule has 26 heavy (non-hydrogen) atoms. The Kier molecular flexibility index (Phi) is 4.11. The molecule has 4 rings (SSSR count). The van der Waals surface area contributed by atoms with Gasteiger partial charge in [-0.15, -0.1) is 0 Å². The van der Waals surface area contributed by atoms with Crippen molar-refractivity contribution in [1.29, 1.82) is 0 Å². The largest absolute Gasteiger partial charge is 0.497 e. The summed E-state index contributed by atoms with van der Waals surface area (Å²) in [6.07, 6.45) is 3.63. The van der Waals surface area contributed by atoms with Crippen molar-refractivity contribution in [2.75, 3.05) is 12.4 Å². The van der Waals surface area contributed by atoms with Gasteiger partial charge in [-0.25, -0.2) is 4.98 Å². The number of hydrogen-bond acceptors (Lipinski definition) is 4.